The molecule has 2 aromatic heterocycles. The smallest absolute Gasteiger partial charge is 0.123 e. The van der Waals surface area contributed by atoms with Crippen molar-refractivity contribution in [1.29, 1.82) is 0 Å². The summed E-state index contributed by atoms with van der Waals surface area (Å²) in [4.78, 5) is 7.06. The van der Waals surface area contributed by atoms with Crippen LogP contribution >= 0.6 is 0 Å². The van der Waals surface area contributed by atoms with E-state index in [1.807, 2.05) is 36.3 Å². The molecule has 0 aliphatic carbocycles. The number of aromatic nitrogens is 4. The van der Waals surface area contributed by atoms with Crippen LogP contribution in [0, 0.1) is 0 Å². The van der Waals surface area contributed by atoms with Gasteiger partial charge in [-0.05, 0) is 24.3 Å². The molecule has 1 aliphatic rings. The second-order valence-electron chi connectivity index (χ2n) is 6.17. The monoisotopic (exact) mass is 323 g/mol. The van der Waals surface area contributed by atoms with Crippen molar-refractivity contribution < 1.29 is 4.74 Å². The lowest BCUT2D eigenvalue weighted by Gasteiger charge is -2.28. The van der Waals surface area contributed by atoms with E-state index in [4.69, 9.17) is 4.74 Å². The summed E-state index contributed by atoms with van der Waals surface area (Å²) < 4.78 is 9.41. The Morgan fingerprint density at radius 3 is 2.67 bits per heavy atom. The van der Waals surface area contributed by atoms with E-state index in [1.54, 1.807) is 7.11 Å². The Morgan fingerprint density at radius 1 is 1.12 bits per heavy atom. The Morgan fingerprint density at radius 2 is 1.96 bits per heavy atom. The van der Waals surface area contributed by atoms with Crippen molar-refractivity contribution in [3.05, 3.63) is 54.2 Å². The van der Waals surface area contributed by atoms with Gasteiger partial charge in [0.25, 0.3) is 0 Å². The predicted octanol–water partition coefficient (Wildman–Crippen LogP) is 2.31. The van der Waals surface area contributed by atoms with Crippen LogP contribution in [0.25, 0.3) is 11.3 Å². The van der Waals surface area contributed by atoms with Crippen LogP contribution in [-0.4, -0.2) is 37.9 Å². The molecular weight excluding hydrogens is 302 g/mol. The van der Waals surface area contributed by atoms with Gasteiger partial charge in [0.1, 0.15) is 11.6 Å². The molecule has 4 rings (SSSR count). The summed E-state index contributed by atoms with van der Waals surface area (Å²) in [5.74, 6) is 2.00. The number of imidazole rings is 1. The van der Waals surface area contributed by atoms with Crippen LogP contribution in [0.5, 0.6) is 5.75 Å². The maximum absolute atomic E-state index is 5.24. The Kier molecular flexibility index (Phi) is 3.82. The quantitative estimate of drug-likeness (QED) is 0.739. The number of hydrogen-bond donors (Lipinski definition) is 0. The van der Waals surface area contributed by atoms with Crippen LogP contribution in [0.2, 0.25) is 0 Å². The molecule has 3 aromatic rings. The number of rotatable bonds is 4. The molecule has 6 heteroatoms. The van der Waals surface area contributed by atoms with Crippen LogP contribution in [0.3, 0.4) is 0 Å². The zero-order valence-electron chi connectivity index (χ0n) is 14.0. The van der Waals surface area contributed by atoms with E-state index in [0.717, 1.165) is 37.8 Å². The lowest BCUT2D eigenvalue weighted by atomic mass is 10.1. The molecule has 0 N–H and O–H groups in total. The lowest BCUT2D eigenvalue weighted by Crippen LogP contribution is -2.33. The molecule has 0 saturated carbocycles. The van der Waals surface area contributed by atoms with Crippen LogP contribution in [0.1, 0.15) is 11.4 Å². The van der Waals surface area contributed by atoms with Gasteiger partial charge in [0.05, 0.1) is 31.7 Å². The number of fused-ring (bicyclic) bond motifs is 1. The average molecular weight is 323 g/mol. The second-order valence-corrected chi connectivity index (χ2v) is 6.17. The molecule has 0 radical (unpaired) electrons. The fourth-order valence-electron chi connectivity index (χ4n) is 3.25. The van der Waals surface area contributed by atoms with Gasteiger partial charge in [-0.2, -0.15) is 5.10 Å². The summed E-state index contributed by atoms with van der Waals surface area (Å²) in [6.07, 6.45) is 5.98. The molecule has 0 saturated heterocycles. The number of ether oxygens (including phenoxy) is 1. The Labute approximate surface area is 141 Å². The first-order valence-electron chi connectivity index (χ1n) is 8.11. The molecule has 1 aliphatic heterocycles. The lowest BCUT2D eigenvalue weighted by molar-refractivity contribution is 0.209. The summed E-state index contributed by atoms with van der Waals surface area (Å²) in [5, 5.41) is 4.24. The van der Waals surface area contributed by atoms with Gasteiger partial charge in [-0.25, -0.2) is 4.98 Å². The summed E-state index contributed by atoms with van der Waals surface area (Å²) in [7, 11) is 3.64. The molecule has 0 fully saturated rings. The van der Waals surface area contributed by atoms with Gasteiger partial charge < -0.3 is 9.30 Å². The van der Waals surface area contributed by atoms with Gasteiger partial charge in [0.2, 0.25) is 0 Å². The van der Waals surface area contributed by atoms with E-state index >= 15 is 0 Å². The highest BCUT2D eigenvalue weighted by atomic mass is 16.5. The molecule has 0 atom stereocenters. The number of benzene rings is 1. The number of hydrogen-bond acceptors (Lipinski definition) is 4. The van der Waals surface area contributed by atoms with Crippen molar-refractivity contribution in [3.8, 4) is 17.0 Å². The van der Waals surface area contributed by atoms with E-state index < -0.39 is 0 Å². The van der Waals surface area contributed by atoms with Gasteiger partial charge >= 0.3 is 0 Å². The van der Waals surface area contributed by atoms with Gasteiger partial charge in [0.15, 0.2) is 0 Å². The molecule has 1 aromatic carbocycles. The Hall–Kier alpha value is -2.60. The minimum Gasteiger partial charge on any atom is -0.497 e. The van der Waals surface area contributed by atoms with Crippen LogP contribution in [0.4, 0.5) is 0 Å². The third kappa shape index (κ3) is 2.80. The Bertz CT molecular complexity index is 833. The molecule has 124 valence electrons. The SMILES string of the molecule is COc1ccc(-c2cnc3n2CCN(Cc2cnn(C)c2)C3)cc1. The second kappa shape index (κ2) is 6.13. The number of aryl methyl sites for hydroxylation is 1. The maximum Gasteiger partial charge on any atom is 0.123 e. The number of nitrogens with zero attached hydrogens (tertiary/aromatic N) is 5. The molecule has 6 nitrogen and oxygen atoms in total. The van der Waals surface area contributed by atoms with Gasteiger partial charge in [0, 0.05) is 44.0 Å². The van der Waals surface area contributed by atoms with Crippen molar-refractivity contribution in [3.63, 3.8) is 0 Å². The van der Waals surface area contributed by atoms with E-state index in [0.29, 0.717) is 0 Å². The van der Waals surface area contributed by atoms with Gasteiger partial charge in [-0.1, -0.05) is 0 Å². The summed E-state index contributed by atoms with van der Waals surface area (Å²) in [6, 6.07) is 8.16. The standard InChI is InChI=1S/C18H21N5O/c1-21-11-14(9-20-21)12-22-7-8-23-17(10-19-18(23)13-22)15-3-5-16(24-2)6-4-15/h3-6,9-11H,7-8,12-13H2,1-2H3. The molecule has 0 unspecified atom stereocenters. The van der Waals surface area contributed by atoms with Crippen molar-refractivity contribution in [2.24, 2.45) is 7.05 Å². The molecule has 0 spiro atoms. The molecule has 0 bridgehead atoms. The first kappa shape index (κ1) is 15.0. The van der Waals surface area contributed by atoms with Crippen molar-refractivity contribution >= 4 is 0 Å². The molecule has 3 heterocycles. The van der Waals surface area contributed by atoms with Crippen LogP contribution < -0.4 is 4.74 Å². The molecular formula is C18H21N5O. The number of methoxy groups -OCH3 is 1. The van der Waals surface area contributed by atoms with Crippen LogP contribution in [-0.2, 0) is 26.7 Å². The van der Waals surface area contributed by atoms with E-state index in [1.165, 1.54) is 16.8 Å². The first-order chi connectivity index (χ1) is 11.7. The Balaban J connectivity index is 1.52. The minimum absolute atomic E-state index is 0.866. The fourth-order valence-corrected chi connectivity index (χ4v) is 3.25. The topological polar surface area (TPSA) is 48.1 Å². The van der Waals surface area contributed by atoms with Crippen molar-refractivity contribution in [1.82, 2.24) is 24.2 Å². The third-order valence-corrected chi connectivity index (χ3v) is 4.49. The normalized spacial score (nSPS) is 14.6. The van der Waals surface area contributed by atoms with E-state index in [9.17, 15) is 0 Å². The minimum atomic E-state index is 0.866. The maximum atomic E-state index is 5.24. The highest BCUT2D eigenvalue weighted by molar-refractivity contribution is 5.60. The molecule has 0 amide bonds. The highest BCUT2D eigenvalue weighted by Crippen LogP contribution is 2.26. The zero-order chi connectivity index (χ0) is 16.5. The summed E-state index contributed by atoms with van der Waals surface area (Å²) in [5.41, 5.74) is 3.59. The average Bonchev–Trinajstić information content (AvgIpc) is 3.21. The summed E-state index contributed by atoms with van der Waals surface area (Å²) in [6.45, 7) is 3.75. The first-order valence-corrected chi connectivity index (χ1v) is 8.11. The van der Waals surface area contributed by atoms with Gasteiger partial charge in [-0.3, -0.25) is 9.58 Å². The van der Waals surface area contributed by atoms with E-state index in [-0.39, 0.29) is 0 Å². The van der Waals surface area contributed by atoms with Gasteiger partial charge in [-0.15, -0.1) is 0 Å². The largest absolute Gasteiger partial charge is 0.497 e. The zero-order valence-corrected chi connectivity index (χ0v) is 14.0. The van der Waals surface area contributed by atoms with Crippen molar-refractivity contribution in [2.75, 3.05) is 13.7 Å². The third-order valence-electron chi connectivity index (χ3n) is 4.49. The fraction of sp³-hybridized carbons (Fsp3) is 0.333. The van der Waals surface area contributed by atoms with Crippen molar-refractivity contribution in [2.45, 2.75) is 19.6 Å². The summed E-state index contributed by atoms with van der Waals surface area (Å²) >= 11 is 0. The molecule has 24 heavy (non-hydrogen) atoms. The van der Waals surface area contributed by atoms with E-state index in [2.05, 4.69) is 37.9 Å². The predicted molar refractivity (Wildman–Crippen MR) is 91.5 cm³/mol. The highest BCUT2D eigenvalue weighted by Gasteiger charge is 2.20. The van der Waals surface area contributed by atoms with Crippen LogP contribution in [0.15, 0.2) is 42.9 Å².